The van der Waals surface area contributed by atoms with Gasteiger partial charge in [-0.15, -0.1) is 0 Å². The van der Waals surface area contributed by atoms with Crippen molar-refractivity contribution in [1.29, 1.82) is 0 Å². The monoisotopic (exact) mass is 254 g/mol. The van der Waals surface area contributed by atoms with Crippen molar-refractivity contribution < 1.29 is 9.90 Å². The van der Waals surface area contributed by atoms with Crippen LogP contribution in [-0.4, -0.2) is 47.2 Å². The first-order valence-corrected chi connectivity index (χ1v) is 7.21. The van der Waals surface area contributed by atoms with Gasteiger partial charge in [-0.2, -0.15) is 0 Å². The summed E-state index contributed by atoms with van der Waals surface area (Å²) < 4.78 is 0. The van der Waals surface area contributed by atoms with E-state index in [0.29, 0.717) is 12.6 Å². The lowest BCUT2D eigenvalue weighted by Crippen LogP contribution is -2.43. The average molecular weight is 254 g/mol. The first kappa shape index (κ1) is 13.8. The van der Waals surface area contributed by atoms with Crippen LogP contribution in [0.4, 0.5) is 0 Å². The zero-order chi connectivity index (χ0) is 13.2. The maximum Gasteiger partial charge on any atom is 0.222 e. The summed E-state index contributed by atoms with van der Waals surface area (Å²) in [6, 6.07) is 1.09. The molecule has 18 heavy (non-hydrogen) atoms. The Balaban J connectivity index is 1.67. The number of amides is 1. The third-order valence-electron chi connectivity index (χ3n) is 4.44. The second-order valence-electron chi connectivity index (χ2n) is 6.16. The molecule has 0 saturated heterocycles. The Labute approximate surface area is 110 Å². The summed E-state index contributed by atoms with van der Waals surface area (Å²) in [5, 5.41) is 13.1. The van der Waals surface area contributed by atoms with Crippen LogP contribution in [0.2, 0.25) is 0 Å². The Morgan fingerprint density at radius 3 is 2.61 bits per heavy atom. The van der Waals surface area contributed by atoms with Crippen LogP contribution in [-0.2, 0) is 4.79 Å². The van der Waals surface area contributed by atoms with Crippen molar-refractivity contribution >= 4 is 5.91 Å². The first-order chi connectivity index (χ1) is 8.50. The van der Waals surface area contributed by atoms with Gasteiger partial charge in [-0.3, -0.25) is 9.69 Å². The molecule has 2 aliphatic carbocycles. The number of carbonyl (C=O) groups is 1. The van der Waals surface area contributed by atoms with Crippen LogP contribution in [0.15, 0.2) is 0 Å². The first-order valence-electron chi connectivity index (χ1n) is 7.21. The molecule has 0 aromatic carbocycles. The van der Waals surface area contributed by atoms with Crippen LogP contribution in [0.1, 0.15) is 51.9 Å². The summed E-state index contributed by atoms with van der Waals surface area (Å²) >= 11 is 0. The lowest BCUT2D eigenvalue weighted by Gasteiger charge is -2.26. The lowest BCUT2D eigenvalue weighted by molar-refractivity contribution is -0.126. The molecule has 0 heterocycles. The third-order valence-corrected chi connectivity index (χ3v) is 4.44. The van der Waals surface area contributed by atoms with Gasteiger partial charge in [-0.1, -0.05) is 12.8 Å². The van der Waals surface area contributed by atoms with Crippen molar-refractivity contribution in [2.45, 2.75) is 69.6 Å². The molecule has 2 rings (SSSR count). The average Bonchev–Trinajstić information content (AvgIpc) is 3.09. The molecule has 0 aromatic rings. The number of nitrogens with zero attached hydrogens (tertiary/aromatic N) is 1. The molecule has 2 saturated carbocycles. The smallest absolute Gasteiger partial charge is 0.222 e. The number of hydrogen-bond donors (Lipinski definition) is 2. The molecule has 0 aliphatic heterocycles. The van der Waals surface area contributed by atoms with Gasteiger partial charge in [0, 0.05) is 18.6 Å². The molecule has 104 valence electrons. The van der Waals surface area contributed by atoms with Crippen LogP contribution in [0.25, 0.3) is 0 Å². The summed E-state index contributed by atoms with van der Waals surface area (Å²) in [5.74, 6) is -0.00422. The van der Waals surface area contributed by atoms with E-state index in [1.807, 2.05) is 0 Å². The Bertz CT molecular complexity index is 296. The standard InChI is InChI=1S/C14H26N2O2/c1-11(16(2)12-5-6-12)10-15-13(17)9-14(18)7-3-4-8-14/h11-12,18H,3-10H2,1-2H3,(H,15,17). The van der Waals surface area contributed by atoms with Crippen LogP contribution in [0.3, 0.4) is 0 Å². The molecule has 0 aromatic heterocycles. The zero-order valence-corrected chi connectivity index (χ0v) is 11.6. The Morgan fingerprint density at radius 2 is 2.06 bits per heavy atom. The molecule has 4 nitrogen and oxygen atoms in total. The predicted molar refractivity (Wildman–Crippen MR) is 71.3 cm³/mol. The van der Waals surface area contributed by atoms with Gasteiger partial charge < -0.3 is 10.4 Å². The van der Waals surface area contributed by atoms with Crippen molar-refractivity contribution in [3.8, 4) is 0 Å². The van der Waals surface area contributed by atoms with Crippen LogP contribution >= 0.6 is 0 Å². The van der Waals surface area contributed by atoms with Gasteiger partial charge in [-0.25, -0.2) is 0 Å². The molecule has 1 atom stereocenters. The van der Waals surface area contributed by atoms with E-state index in [4.69, 9.17) is 0 Å². The van der Waals surface area contributed by atoms with Gasteiger partial charge in [0.05, 0.1) is 12.0 Å². The number of nitrogens with one attached hydrogen (secondary N) is 1. The summed E-state index contributed by atoms with van der Waals surface area (Å²) in [4.78, 5) is 14.2. The van der Waals surface area contributed by atoms with Crippen molar-refractivity contribution in [2.24, 2.45) is 0 Å². The minimum atomic E-state index is -0.726. The quantitative estimate of drug-likeness (QED) is 0.751. The van der Waals surface area contributed by atoms with Crippen LogP contribution in [0.5, 0.6) is 0 Å². The molecular formula is C14H26N2O2. The Morgan fingerprint density at radius 1 is 1.44 bits per heavy atom. The maximum absolute atomic E-state index is 11.8. The maximum atomic E-state index is 11.8. The predicted octanol–water partition coefficient (Wildman–Crippen LogP) is 1.28. The van der Waals surface area contributed by atoms with Crippen molar-refractivity contribution in [3.05, 3.63) is 0 Å². The van der Waals surface area contributed by atoms with Gasteiger partial charge in [0.2, 0.25) is 5.91 Å². The van der Waals surface area contributed by atoms with Crippen LogP contribution in [0, 0.1) is 0 Å². The Hall–Kier alpha value is -0.610. The summed E-state index contributed by atoms with van der Waals surface area (Å²) in [6.07, 6.45) is 6.49. The van der Waals surface area contributed by atoms with Crippen LogP contribution < -0.4 is 5.32 Å². The minimum absolute atomic E-state index is 0.00422. The number of hydrogen-bond acceptors (Lipinski definition) is 3. The molecular weight excluding hydrogens is 228 g/mol. The molecule has 2 N–H and O–H groups in total. The molecule has 0 spiro atoms. The van der Waals surface area contributed by atoms with Gasteiger partial charge >= 0.3 is 0 Å². The van der Waals surface area contributed by atoms with E-state index >= 15 is 0 Å². The fourth-order valence-electron chi connectivity index (χ4n) is 2.82. The third kappa shape index (κ3) is 3.69. The fraction of sp³-hybridized carbons (Fsp3) is 0.929. The number of carbonyl (C=O) groups excluding carboxylic acids is 1. The molecule has 2 aliphatic rings. The highest BCUT2D eigenvalue weighted by Gasteiger charge is 2.34. The van der Waals surface area contributed by atoms with E-state index in [-0.39, 0.29) is 12.3 Å². The topological polar surface area (TPSA) is 52.6 Å². The van der Waals surface area contributed by atoms with E-state index in [2.05, 4.69) is 24.2 Å². The normalized spacial score (nSPS) is 24.2. The van der Waals surface area contributed by atoms with E-state index in [9.17, 15) is 9.90 Å². The summed E-state index contributed by atoms with van der Waals surface area (Å²) in [5.41, 5.74) is -0.726. The largest absolute Gasteiger partial charge is 0.389 e. The number of aliphatic hydroxyl groups is 1. The molecule has 4 heteroatoms. The highest BCUT2D eigenvalue weighted by atomic mass is 16.3. The van der Waals surface area contributed by atoms with Gasteiger partial charge in [0.25, 0.3) is 0 Å². The van der Waals surface area contributed by atoms with E-state index in [0.717, 1.165) is 31.7 Å². The minimum Gasteiger partial charge on any atom is -0.389 e. The SMILES string of the molecule is CC(CNC(=O)CC1(O)CCCC1)N(C)C1CC1. The van der Waals surface area contributed by atoms with E-state index < -0.39 is 5.60 Å². The Kier molecular flexibility index (Phi) is 4.28. The summed E-state index contributed by atoms with van der Waals surface area (Å²) in [7, 11) is 2.12. The fourth-order valence-corrected chi connectivity index (χ4v) is 2.82. The van der Waals surface area contributed by atoms with E-state index in [1.165, 1.54) is 12.8 Å². The van der Waals surface area contributed by atoms with E-state index in [1.54, 1.807) is 0 Å². The highest BCUT2D eigenvalue weighted by Crippen LogP contribution is 2.32. The van der Waals surface area contributed by atoms with Crippen molar-refractivity contribution in [3.63, 3.8) is 0 Å². The van der Waals surface area contributed by atoms with Crippen molar-refractivity contribution in [2.75, 3.05) is 13.6 Å². The van der Waals surface area contributed by atoms with Gasteiger partial charge in [0.15, 0.2) is 0 Å². The molecule has 2 fully saturated rings. The summed E-state index contributed by atoms with van der Waals surface area (Å²) in [6.45, 7) is 2.82. The zero-order valence-electron chi connectivity index (χ0n) is 11.6. The second kappa shape index (κ2) is 5.57. The number of rotatable bonds is 6. The lowest BCUT2D eigenvalue weighted by atomic mass is 9.97. The molecule has 1 amide bonds. The molecule has 1 unspecified atom stereocenters. The van der Waals surface area contributed by atoms with Gasteiger partial charge in [0.1, 0.15) is 0 Å². The molecule has 0 bridgehead atoms. The molecule has 0 radical (unpaired) electrons. The van der Waals surface area contributed by atoms with Crippen molar-refractivity contribution in [1.82, 2.24) is 10.2 Å². The highest BCUT2D eigenvalue weighted by molar-refractivity contribution is 5.77. The number of likely N-dealkylation sites (N-methyl/N-ethyl adjacent to an activating group) is 1. The second-order valence-corrected chi connectivity index (χ2v) is 6.16. The van der Waals surface area contributed by atoms with Gasteiger partial charge in [-0.05, 0) is 39.7 Å².